The van der Waals surface area contributed by atoms with Crippen LogP contribution in [-0.4, -0.2) is 17.8 Å². The van der Waals surface area contributed by atoms with E-state index < -0.39 is 0 Å². The average molecular weight is 428 g/mol. The Morgan fingerprint density at radius 3 is 2.63 bits per heavy atom. The molecule has 0 aromatic heterocycles. The van der Waals surface area contributed by atoms with Gasteiger partial charge in [0.2, 0.25) is 0 Å². The van der Waals surface area contributed by atoms with Crippen LogP contribution < -0.4 is 10.6 Å². The number of hydrogen-bond acceptors (Lipinski definition) is 2. The van der Waals surface area contributed by atoms with Crippen LogP contribution in [0, 0.1) is 17.8 Å². The number of carbonyl (C=O) groups is 1. The number of benzene rings is 1. The zero-order valence-corrected chi connectivity index (χ0v) is 17.8. The van der Waals surface area contributed by atoms with Crippen molar-refractivity contribution in [2.75, 3.05) is 0 Å². The molecule has 4 nitrogen and oxygen atoms in total. The molecule has 1 fully saturated rings. The van der Waals surface area contributed by atoms with Crippen molar-refractivity contribution in [2.45, 2.75) is 44.7 Å². The predicted octanol–water partition coefficient (Wildman–Crippen LogP) is 5.88. The summed E-state index contributed by atoms with van der Waals surface area (Å²) in [5, 5.41) is 6.80. The second kappa shape index (κ2) is 9.17. The molecule has 4 rings (SSSR count). The average Bonchev–Trinajstić information content (AvgIpc) is 2.74. The molecule has 30 heavy (non-hydrogen) atoms. The Balaban J connectivity index is 1.27. The number of hydrogen-bond donors (Lipinski definition) is 2. The number of halogens is 2. The molecular weight excluding hydrogens is 401 g/mol. The highest BCUT2D eigenvalue weighted by molar-refractivity contribution is 6.30. The van der Waals surface area contributed by atoms with E-state index in [-0.39, 0.29) is 35.8 Å². The predicted molar refractivity (Wildman–Crippen MR) is 119 cm³/mol. The van der Waals surface area contributed by atoms with Gasteiger partial charge in [-0.25, -0.2) is 9.18 Å². The maximum Gasteiger partial charge on any atom is 0.315 e. The van der Waals surface area contributed by atoms with Gasteiger partial charge in [0.1, 0.15) is 5.83 Å². The Morgan fingerprint density at radius 1 is 1.17 bits per heavy atom. The Hall–Kier alpha value is -2.40. The molecule has 1 saturated carbocycles. The summed E-state index contributed by atoms with van der Waals surface area (Å²) in [6.07, 6.45) is 12.8. The third-order valence-corrected chi connectivity index (χ3v) is 6.66. The van der Waals surface area contributed by atoms with Crippen LogP contribution in [0.25, 0.3) is 0 Å². The van der Waals surface area contributed by atoms with E-state index >= 15 is 0 Å². The Labute approximate surface area is 182 Å². The van der Waals surface area contributed by atoms with Crippen LogP contribution in [0.3, 0.4) is 0 Å². The molecule has 2 N–H and O–H groups in total. The lowest BCUT2D eigenvalue weighted by molar-refractivity contribution is 0.210. The zero-order chi connectivity index (χ0) is 21.1. The van der Waals surface area contributed by atoms with Crippen LogP contribution in [0.1, 0.15) is 44.2 Å². The molecule has 1 heterocycles. The van der Waals surface area contributed by atoms with Crippen LogP contribution >= 0.6 is 11.6 Å². The molecule has 0 bridgehead atoms. The molecule has 1 aliphatic heterocycles. The van der Waals surface area contributed by atoms with Gasteiger partial charge in [-0.05, 0) is 80.4 Å². The lowest BCUT2D eigenvalue weighted by Gasteiger charge is -2.37. The fourth-order valence-electron chi connectivity index (χ4n) is 4.73. The summed E-state index contributed by atoms with van der Waals surface area (Å²) in [6.45, 7) is 1.96. The molecule has 2 unspecified atom stereocenters. The van der Waals surface area contributed by atoms with Gasteiger partial charge in [-0.1, -0.05) is 29.8 Å². The van der Waals surface area contributed by atoms with Gasteiger partial charge >= 0.3 is 6.03 Å². The first-order chi connectivity index (χ1) is 14.5. The summed E-state index contributed by atoms with van der Waals surface area (Å²) in [5.41, 5.74) is 1.96. The number of aliphatic imine (C=N–C) groups is 1. The van der Waals surface area contributed by atoms with E-state index in [1.165, 1.54) is 6.08 Å². The van der Waals surface area contributed by atoms with Gasteiger partial charge in [0.25, 0.3) is 0 Å². The molecule has 158 valence electrons. The zero-order valence-electron chi connectivity index (χ0n) is 17.0. The van der Waals surface area contributed by atoms with Gasteiger partial charge in [0.05, 0.1) is 6.04 Å². The number of rotatable bonds is 4. The number of carbonyl (C=O) groups excluding carboxylic acids is 1. The molecule has 0 radical (unpaired) electrons. The normalized spacial score (nSPS) is 28.8. The molecule has 2 aliphatic carbocycles. The van der Waals surface area contributed by atoms with Crippen LogP contribution in [0.15, 0.2) is 65.6 Å². The lowest BCUT2D eigenvalue weighted by atomic mass is 9.70. The van der Waals surface area contributed by atoms with E-state index in [0.717, 1.165) is 37.0 Å². The molecule has 1 aromatic rings. The smallest absolute Gasteiger partial charge is 0.315 e. The van der Waals surface area contributed by atoms with Crippen molar-refractivity contribution < 1.29 is 9.18 Å². The number of allylic oxidation sites excluding steroid dienone is 5. The molecular formula is C24H27ClFN3O. The summed E-state index contributed by atoms with van der Waals surface area (Å²) in [5.74, 6) is 0.591. The Bertz CT molecular complexity index is 898. The number of nitrogens with one attached hydrogen (secondary N) is 2. The van der Waals surface area contributed by atoms with Crippen molar-refractivity contribution in [1.82, 2.24) is 10.6 Å². The molecule has 6 heteroatoms. The van der Waals surface area contributed by atoms with Crippen molar-refractivity contribution in [1.29, 1.82) is 0 Å². The second-order valence-electron chi connectivity index (χ2n) is 8.39. The summed E-state index contributed by atoms with van der Waals surface area (Å²) in [7, 11) is 0. The standard InChI is InChI=1S/C24H27ClFN3O/c1-15(16-2-6-18(25)7-3-16)28-24(30)29-20-9-4-17(5-10-20)21-12-13-27-23-11-8-19(26)14-22(21)23/h2-3,6-8,11-15,17,20-22H,4-5,9-10H2,1H3,(H2,28,29,30)/t15-,17?,20?,21?,22?/m0/s1. The van der Waals surface area contributed by atoms with Crippen LogP contribution in [0.5, 0.6) is 0 Å². The minimum absolute atomic E-state index is 0.0260. The van der Waals surface area contributed by atoms with Crippen molar-refractivity contribution in [3.05, 3.63) is 71.2 Å². The highest BCUT2D eigenvalue weighted by Crippen LogP contribution is 2.39. The topological polar surface area (TPSA) is 53.5 Å². The first-order valence-corrected chi connectivity index (χ1v) is 11.0. The van der Waals surface area contributed by atoms with E-state index in [0.29, 0.717) is 10.9 Å². The molecule has 3 atom stereocenters. The monoisotopic (exact) mass is 427 g/mol. The first kappa shape index (κ1) is 20.9. The highest BCUT2D eigenvalue weighted by atomic mass is 35.5. The Kier molecular flexibility index (Phi) is 6.38. The fourth-order valence-corrected chi connectivity index (χ4v) is 4.86. The molecule has 3 aliphatic rings. The second-order valence-corrected chi connectivity index (χ2v) is 8.82. The van der Waals surface area contributed by atoms with E-state index in [4.69, 9.17) is 11.6 Å². The molecule has 2 amide bonds. The number of nitrogens with zero attached hydrogens (tertiary/aromatic N) is 1. The largest absolute Gasteiger partial charge is 0.335 e. The van der Waals surface area contributed by atoms with E-state index in [2.05, 4.69) is 21.7 Å². The number of urea groups is 1. The maximum absolute atomic E-state index is 13.8. The van der Waals surface area contributed by atoms with Gasteiger partial charge in [-0.15, -0.1) is 0 Å². The number of amides is 2. The van der Waals surface area contributed by atoms with Crippen LogP contribution in [-0.2, 0) is 0 Å². The summed E-state index contributed by atoms with van der Waals surface area (Å²) < 4.78 is 13.8. The minimum Gasteiger partial charge on any atom is -0.335 e. The van der Waals surface area contributed by atoms with Crippen LogP contribution in [0.2, 0.25) is 5.02 Å². The quantitative estimate of drug-likeness (QED) is 0.619. The van der Waals surface area contributed by atoms with Crippen molar-refractivity contribution >= 4 is 23.3 Å². The van der Waals surface area contributed by atoms with E-state index in [1.807, 2.05) is 37.4 Å². The summed E-state index contributed by atoms with van der Waals surface area (Å²) in [4.78, 5) is 16.8. The SMILES string of the molecule is C[C@H](NC(=O)NC1CCC(C2C=CN=C3C=CC(F)=CC32)CC1)c1ccc(Cl)cc1. The van der Waals surface area contributed by atoms with Gasteiger partial charge in [-0.3, -0.25) is 4.99 Å². The number of fused-ring (bicyclic) bond motifs is 1. The van der Waals surface area contributed by atoms with E-state index in [1.54, 1.807) is 12.2 Å². The van der Waals surface area contributed by atoms with Crippen molar-refractivity contribution in [2.24, 2.45) is 22.7 Å². The van der Waals surface area contributed by atoms with Gasteiger partial charge < -0.3 is 10.6 Å². The Morgan fingerprint density at radius 2 is 1.90 bits per heavy atom. The van der Waals surface area contributed by atoms with Gasteiger partial charge in [-0.2, -0.15) is 0 Å². The third-order valence-electron chi connectivity index (χ3n) is 6.41. The van der Waals surface area contributed by atoms with Gasteiger partial charge in [0.15, 0.2) is 0 Å². The maximum atomic E-state index is 13.8. The summed E-state index contributed by atoms with van der Waals surface area (Å²) in [6, 6.07) is 7.43. The molecule has 1 aromatic carbocycles. The van der Waals surface area contributed by atoms with Gasteiger partial charge in [0, 0.05) is 28.9 Å². The minimum atomic E-state index is -0.180. The van der Waals surface area contributed by atoms with Crippen molar-refractivity contribution in [3.8, 4) is 0 Å². The third kappa shape index (κ3) is 4.84. The lowest BCUT2D eigenvalue weighted by Crippen LogP contribution is -2.45. The summed E-state index contributed by atoms with van der Waals surface area (Å²) >= 11 is 5.93. The first-order valence-electron chi connectivity index (χ1n) is 10.6. The fraction of sp³-hybridized carbons (Fsp3) is 0.417. The molecule has 0 spiro atoms. The molecule has 0 saturated heterocycles. The highest BCUT2D eigenvalue weighted by Gasteiger charge is 2.35. The van der Waals surface area contributed by atoms with E-state index in [9.17, 15) is 9.18 Å². The van der Waals surface area contributed by atoms with Crippen molar-refractivity contribution in [3.63, 3.8) is 0 Å². The van der Waals surface area contributed by atoms with Crippen LogP contribution in [0.4, 0.5) is 9.18 Å².